The first kappa shape index (κ1) is 19.3. The Hall–Kier alpha value is -0.710. The van der Waals surface area contributed by atoms with E-state index >= 15 is 0 Å². The minimum Gasteiger partial charge on any atom is -0.314 e. The van der Waals surface area contributed by atoms with Crippen LogP contribution in [0.5, 0.6) is 0 Å². The van der Waals surface area contributed by atoms with Crippen LogP contribution in [0.15, 0.2) is 28.0 Å². The van der Waals surface area contributed by atoms with Crippen molar-refractivity contribution in [3.8, 4) is 0 Å². The topological polar surface area (TPSA) is 95.6 Å². The summed E-state index contributed by atoms with van der Waals surface area (Å²) in [4.78, 5) is 0.209. The molecular weight excluding hydrogens is 350 g/mol. The fourth-order valence-corrected chi connectivity index (χ4v) is 4.70. The van der Waals surface area contributed by atoms with Crippen molar-refractivity contribution < 1.29 is 16.8 Å². The van der Waals surface area contributed by atoms with E-state index in [0.717, 1.165) is 0 Å². The summed E-state index contributed by atoms with van der Waals surface area (Å²) in [5, 5.41) is 3.09. The maximum absolute atomic E-state index is 12.5. The fourth-order valence-electron chi connectivity index (χ4n) is 2.23. The molecule has 1 saturated heterocycles. The first-order valence-corrected chi connectivity index (χ1v) is 9.46. The summed E-state index contributed by atoms with van der Waals surface area (Å²) in [5.41, 5.74) is 0.403. The third kappa shape index (κ3) is 3.79. The van der Waals surface area contributed by atoms with Crippen LogP contribution in [-0.4, -0.2) is 54.4 Å². The smallest absolute Gasteiger partial charge is 0.243 e. The van der Waals surface area contributed by atoms with Crippen LogP contribution in [-0.2, 0) is 20.0 Å². The van der Waals surface area contributed by atoms with Gasteiger partial charge in [0.1, 0.15) is 0 Å². The summed E-state index contributed by atoms with van der Waals surface area (Å²) in [5.74, 6) is 0. The highest BCUT2D eigenvalue weighted by atomic mass is 35.5. The van der Waals surface area contributed by atoms with E-state index in [-0.39, 0.29) is 22.2 Å². The molecule has 2 rings (SSSR count). The number of nitrogens with zero attached hydrogens (tertiary/aromatic N) is 1. The predicted molar refractivity (Wildman–Crippen MR) is 86.3 cm³/mol. The molecule has 0 aliphatic carbocycles. The fraction of sp³-hybridized carbons (Fsp3) is 0.500. The van der Waals surface area contributed by atoms with E-state index in [2.05, 4.69) is 10.0 Å². The largest absolute Gasteiger partial charge is 0.314 e. The number of hydrogen-bond donors (Lipinski definition) is 2. The van der Waals surface area contributed by atoms with Gasteiger partial charge in [0.15, 0.2) is 0 Å². The predicted octanol–water partition coefficient (Wildman–Crippen LogP) is -0.0812. The summed E-state index contributed by atoms with van der Waals surface area (Å²) in [6.45, 7) is 3.64. The van der Waals surface area contributed by atoms with Crippen LogP contribution in [0.3, 0.4) is 0 Å². The van der Waals surface area contributed by atoms with Crippen LogP contribution >= 0.6 is 12.4 Å². The van der Waals surface area contributed by atoms with Crippen molar-refractivity contribution in [2.24, 2.45) is 0 Å². The summed E-state index contributed by atoms with van der Waals surface area (Å²) < 4.78 is 52.2. The van der Waals surface area contributed by atoms with Gasteiger partial charge in [-0.3, -0.25) is 0 Å². The molecule has 0 unspecified atom stereocenters. The molecule has 10 heteroatoms. The molecule has 0 aromatic heterocycles. The van der Waals surface area contributed by atoms with Crippen LogP contribution in [0.1, 0.15) is 5.56 Å². The Labute approximate surface area is 137 Å². The molecule has 1 aliphatic heterocycles. The lowest BCUT2D eigenvalue weighted by molar-refractivity contribution is 0.360. The third-order valence-electron chi connectivity index (χ3n) is 3.42. The molecule has 1 fully saturated rings. The normalized spacial score (nSPS) is 17.0. The number of sulfonamides is 2. The highest BCUT2D eigenvalue weighted by Crippen LogP contribution is 2.22. The van der Waals surface area contributed by atoms with Crippen LogP contribution in [0.2, 0.25) is 0 Å². The molecule has 1 aliphatic rings. The molecular formula is C12H20ClN3O4S2. The molecule has 1 aromatic rings. The molecule has 1 heterocycles. The monoisotopic (exact) mass is 369 g/mol. The second-order valence-corrected chi connectivity index (χ2v) is 8.58. The Kier molecular flexibility index (Phi) is 6.36. The molecule has 2 N–H and O–H groups in total. The molecule has 126 valence electrons. The summed E-state index contributed by atoms with van der Waals surface area (Å²) in [6.07, 6.45) is 0. The van der Waals surface area contributed by atoms with Gasteiger partial charge in [0, 0.05) is 26.2 Å². The summed E-state index contributed by atoms with van der Waals surface area (Å²) in [6, 6.07) is 4.08. The average Bonchev–Trinajstić information content (AvgIpc) is 2.47. The molecule has 1 aromatic carbocycles. The second kappa shape index (κ2) is 7.24. The number of hydrogen-bond acceptors (Lipinski definition) is 5. The molecule has 22 heavy (non-hydrogen) atoms. The Bertz CT molecular complexity index is 729. The van der Waals surface area contributed by atoms with Crippen molar-refractivity contribution in [1.29, 1.82) is 0 Å². The molecule has 0 radical (unpaired) electrons. The van der Waals surface area contributed by atoms with E-state index in [0.29, 0.717) is 31.7 Å². The van der Waals surface area contributed by atoms with Gasteiger partial charge in [0.2, 0.25) is 20.0 Å². The Balaban J connectivity index is 0.00000242. The summed E-state index contributed by atoms with van der Waals surface area (Å²) in [7, 11) is -5.84. The van der Waals surface area contributed by atoms with E-state index in [9.17, 15) is 16.8 Å². The van der Waals surface area contributed by atoms with Crippen molar-refractivity contribution in [3.63, 3.8) is 0 Å². The Morgan fingerprint density at radius 3 is 2.23 bits per heavy atom. The van der Waals surface area contributed by atoms with E-state index in [4.69, 9.17) is 0 Å². The summed E-state index contributed by atoms with van der Waals surface area (Å²) >= 11 is 0. The quantitative estimate of drug-likeness (QED) is 0.774. The van der Waals surface area contributed by atoms with Gasteiger partial charge in [0.25, 0.3) is 0 Å². The maximum Gasteiger partial charge on any atom is 0.243 e. The Morgan fingerprint density at radius 1 is 1.14 bits per heavy atom. The zero-order valence-corrected chi connectivity index (χ0v) is 14.8. The molecule has 0 amide bonds. The number of aryl methyl sites for hydroxylation is 1. The molecule has 0 spiro atoms. The van der Waals surface area contributed by atoms with Crippen LogP contribution in [0, 0.1) is 6.92 Å². The van der Waals surface area contributed by atoms with Gasteiger partial charge in [-0.25, -0.2) is 21.6 Å². The van der Waals surface area contributed by atoms with Gasteiger partial charge < -0.3 is 5.32 Å². The van der Waals surface area contributed by atoms with Gasteiger partial charge in [-0.05, 0) is 37.7 Å². The van der Waals surface area contributed by atoms with Gasteiger partial charge in [-0.1, -0.05) is 0 Å². The lowest BCUT2D eigenvalue weighted by atomic mass is 10.2. The lowest BCUT2D eigenvalue weighted by Gasteiger charge is -2.26. The number of rotatable bonds is 4. The first-order valence-electron chi connectivity index (χ1n) is 6.54. The molecule has 0 bridgehead atoms. The van der Waals surface area contributed by atoms with Crippen molar-refractivity contribution in [3.05, 3.63) is 23.8 Å². The Morgan fingerprint density at radius 2 is 1.73 bits per heavy atom. The zero-order valence-electron chi connectivity index (χ0n) is 12.4. The van der Waals surface area contributed by atoms with Gasteiger partial charge in [-0.15, -0.1) is 12.4 Å². The van der Waals surface area contributed by atoms with E-state index in [1.165, 1.54) is 29.6 Å². The molecule has 7 nitrogen and oxygen atoms in total. The van der Waals surface area contributed by atoms with Crippen LogP contribution in [0.4, 0.5) is 0 Å². The van der Waals surface area contributed by atoms with Crippen molar-refractivity contribution in [2.45, 2.75) is 16.7 Å². The number of piperazine rings is 1. The van der Waals surface area contributed by atoms with E-state index in [1.807, 2.05) is 0 Å². The number of nitrogens with one attached hydrogen (secondary N) is 2. The van der Waals surface area contributed by atoms with Gasteiger partial charge in [0.05, 0.1) is 9.79 Å². The SMILES string of the molecule is CNS(=O)(=O)c1ccc(S(=O)(=O)N2CCNCC2)cc1C.Cl. The third-order valence-corrected chi connectivity index (χ3v) is 6.89. The molecule has 0 atom stereocenters. The van der Waals surface area contributed by atoms with Gasteiger partial charge in [-0.2, -0.15) is 4.31 Å². The highest BCUT2D eigenvalue weighted by Gasteiger charge is 2.27. The minimum absolute atomic E-state index is 0. The van der Waals surface area contributed by atoms with Crippen molar-refractivity contribution in [1.82, 2.24) is 14.3 Å². The molecule has 0 saturated carbocycles. The lowest BCUT2D eigenvalue weighted by Crippen LogP contribution is -2.46. The average molecular weight is 370 g/mol. The number of halogens is 1. The van der Waals surface area contributed by atoms with Crippen LogP contribution in [0.25, 0.3) is 0 Å². The van der Waals surface area contributed by atoms with Crippen molar-refractivity contribution in [2.75, 3.05) is 33.2 Å². The minimum atomic E-state index is -3.58. The van der Waals surface area contributed by atoms with Gasteiger partial charge >= 0.3 is 0 Å². The van der Waals surface area contributed by atoms with Crippen LogP contribution < -0.4 is 10.0 Å². The van der Waals surface area contributed by atoms with Crippen molar-refractivity contribution >= 4 is 32.5 Å². The standard InChI is InChI=1S/C12H19N3O4S2.ClH/c1-10-9-11(3-4-12(10)20(16,17)13-2)21(18,19)15-7-5-14-6-8-15;/h3-4,9,13-14H,5-8H2,1-2H3;1H. The van der Waals surface area contributed by atoms with E-state index in [1.54, 1.807) is 6.92 Å². The van der Waals surface area contributed by atoms with E-state index < -0.39 is 20.0 Å². The first-order chi connectivity index (χ1) is 9.79. The highest BCUT2D eigenvalue weighted by molar-refractivity contribution is 7.89. The second-order valence-electron chi connectivity index (χ2n) is 4.79. The zero-order chi connectivity index (χ0) is 15.7. The number of benzene rings is 1. The maximum atomic E-state index is 12.5.